The standard InChI is InChI=1S/C17H7B2F3N2/c18-10-2-4-12-7(14(10)19)1-3-13(24-12)9-6-23-17-8(9)5-11(20)15(21)16(17)22/h1-6,23H. The third kappa shape index (κ3) is 2.04. The van der Waals surface area contributed by atoms with Crippen LogP contribution in [0.15, 0.2) is 36.5 Å². The molecule has 0 atom stereocenters. The Morgan fingerprint density at radius 1 is 0.917 bits per heavy atom. The van der Waals surface area contributed by atoms with E-state index in [-0.39, 0.29) is 10.9 Å². The molecule has 2 aromatic heterocycles. The molecular formula is C17H7B2F3N2. The molecule has 4 rings (SSSR count). The second-order valence-electron chi connectivity index (χ2n) is 5.44. The Labute approximate surface area is 137 Å². The molecule has 7 heteroatoms. The average molecular weight is 318 g/mol. The van der Waals surface area contributed by atoms with Gasteiger partial charge in [0.05, 0.1) is 16.7 Å². The number of hydrogen-bond acceptors (Lipinski definition) is 1. The first kappa shape index (κ1) is 14.9. The van der Waals surface area contributed by atoms with Crippen molar-refractivity contribution in [2.75, 3.05) is 0 Å². The molecule has 4 aromatic rings. The van der Waals surface area contributed by atoms with E-state index >= 15 is 0 Å². The summed E-state index contributed by atoms with van der Waals surface area (Å²) in [6, 6.07) is 7.69. The van der Waals surface area contributed by atoms with Crippen molar-refractivity contribution in [2.24, 2.45) is 0 Å². The number of nitrogens with zero attached hydrogens (tertiary/aromatic N) is 1. The molecule has 0 bridgehead atoms. The van der Waals surface area contributed by atoms with Crippen molar-refractivity contribution in [1.29, 1.82) is 0 Å². The molecule has 2 aromatic carbocycles. The molecule has 0 fully saturated rings. The Morgan fingerprint density at radius 2 is 1.71 bits per heavy atom. The Balaban J connectivity index is 1.98. The fraction of sp³-hybridized carbons (Fsp3) is 0. The van der Waals surface area contributed by atoms with E-state index in [9.17, 15) is 13.2 Å². The molecule has 0 saturated carbocycles. The molecule has 4 radical (unpaired) electrons. The second kappa shape index (κ2) is 5.16. The summed E-state index contributed by atoms with van der Waals surface area (Å²) >= 11 is 0. The number of aromatic amines is 1. The summed E-state index contributed by atoms with van der Waals surface area (Å²) in [6.45, 7) is 0. The van der Waals surface area contributed by atoms with E-state index in [1.54, 1.807) is 24.3 Å². The average Bonchev–Trinajstić information content (AvgIpc) is 2.99. The van der Waals surface area contributed by atoms with E-state index in [4.69, 9.17) is 15.7 Å². The quantitative estimate of drug-likeness (QED) is 0.424. The lowest BCUT2D eigenvalue weighted by Gasteiger charge is -2.08. The number of aromatic nitrogens is 2. The maximum Gasteiger partial charge on any atom is 0.196 e. The molecule has 24 heavy (non-hydrogen) atoms. The van der Waals surface area contributed by atoms with Gasteiger partial charge in [0, 0.05) is 17.1 Å². The van der Waals surface area contributed by atoms with Gasteiger partial charge >= 0.3 is 0 Å². The van der Waals surface area contributed by atoms with Crippen molar-refractivity contribution in [3.05, 3.63) is 54.0 Å². The lowest BCUT2D eigenvalue weighted by molar-refractivity contribution is 0.453. The van der Waals surface area contributed by atoms with E-state index in [0.29, 0.717) is 33.1 Å². The lowest BCUT2D eigenvalue weighted by Crippen LogP contribution is -2.26. The number of pyridine rings is 1. The SMILES string of the molecule is [B]c1ccc2nc(-c3c[nH]c4c(F)c(F)c(F)cc34)ccc2c1[B]. The van der Waals surface area contributed by atoms with E-state index in [2.05, 4.69) is 9.97 Å². The van der Waals surface area contributed by atoms with Gasteiger partial charge in [0.25, 0.3) is 0 Å². The van der Waals surface area contributed by atoms with Crippen LogP contribution in [0, 0.1) is 17.5 Å². The van der Waals surface area contributed by atoms with Gasteiger partial charge in [0.2, 0.25) is 0 Å². The van der Waals surface area contributed by atoms with Crippen molar-refractivity contribution in [3.8, 4) is 11.3 Å². The minimum Gasteiger partial charge on any atom is -0.358 e. The number of nitrogens with one attached hydrogen (secondary N) is 1. The van der Waals surface area contributed by atoms with E-state index in [0.717, 1.165) is 6.07 Å². The van der Waals surface area contributed by atoms with Crippen molar-refractivity contribution in [1.82, 2.24) is 9.97 Å². The molecule has 112 valence electrons. The maximum atomic E-state index is 13.8. The second-order valence-corrected chi connectivity index (χ2v) is 5.44. The first-order valence-electron chi connectivity index (χ1n) is 7.07. The Bertz CT molecular complexity index is 1120. The molecule has 0 unspecified atom stereocenters. The van der Waals surface area contributed by atoms with Gasteiger partial charge < -0.3 is 4.98 Å². The Hall–Kier alpha value is -2.69. The monoisotopic (exact) mass is 318 g/mol. The zero-order valence-corrected chi connectivity index (χ0v) is 12.2. The van der Waals surface area contributed by atoms with E-state index in [1.807, 2.05) is 0 Å². The van der Waals surface area contributed by atoms with Gasteiger partial charge in [-0.2, -0.15) is 0 Å². The zero-order chi connectivity index (χ0) is 17.0. The van der Waals surface area contributed by atoms with Crippen molar-refractivity contribution >= 4 is 48.4 Å². The van der Waals surface area contributed by atoms with Crippen LogP contribution in [0.25, 0.3) is 33.1 Å². The summed E-state index contributed by atoms with van der Waals surface area (Å²) in [5.74, 6) is -4.02. The van der Waals surface area contributed by atoms with Crippen LogP contribution in [0.3, 0.4) is 0 Å². The van der Waals surface area contributed by atoms with Gasteiger partial charge in [-0.15, -0.1) is 5.46 Å². The summed E-state index contributed by atoms with van der Waals surface area (Å²) in [5, 5.41) is 0.892. The normalized spacial score (nSPS) is 11.5. The maximum absolute atomic E-state index is 13.8. The highest BCUT2D eigenvalue weighted by atomic mass is 19.2. The molecule has 0 aliphatic heterocycles. The predicted molar refractivity (Wildman–Crippen MR) is 89.7 cm³/mol. The first-order chi connectivity index (χ1) is 11.5. The lowest BCUT2D eigenvalue weighted by atomic mass is 9.78. The van der Waals surface area contributed by atoms with Gasteiger partial charge in [0.1, 0.15) is 15.7 Å². The van der Waals surface area contributed by atoms with Crippen LogP contribution in [-0.2, 0) is 0 Å². The molecule has 1 N–H and O–H groups in total. The van der Waals surface area contributed by atoms with Crippen LogP contribution in [0.5, 0.6) is 0 Å². The van der Waals surface area contributed by atoms with E-state index < -0.39 is 17.5 Å². The van der Waals surface area contributed by atoms with Crippen molar-refractivity contribution in [3.63, 3.8) is 0 Å². The van der Waals surface area contributed by atoms with Crippen LogP contribution in [0.4, 0.5) is 13.2 Å². The highest BCUT2D eigenvalue weighted by molar-refractivity contribution is 6.52. The number of fused-ring (bicyclic) bond motifs is 2. The largest absolute Gasteiger partial charge is 0.358 e. The van der Waals surface area contributed by atoms with Gasteiger partial charge in [-0.3, -0.25) is 0 Å². The molecule has 0 saturated heterocycles. The highest BCUT2D eigenvalue weighted by Gasteiger charge is 2.18. The summed E-state index contributed by atoms with van der Waals surface area (Å²) in [6.07, 6.45) is 1.46. The van der Waals surface area contributed by atoms with Crippen LogP contribution in [0.2, 0.25) is 0 Å². The van der Waals surface area contributed by atoms with Crippen molar-refractivity contribution in [2.45, 2.75) is 0 Å². The molecule has 2 heterocycles. The highest BCUT2D eigenvalue weighted by Crippen LogP contribution is 2.31. The van der Waals surface area contributed by atoms with Crippen molar-refractivity contribution < 1.29 is 13.2 Å². The smallest absolute Gasteiger partial charge is 0.196 e. The van der Waals surface area contributed by atoms with Crippen LogP contribution < -0.4 is 10.9 Å². The number of H-pyrrole nitrogens is 1. The molecule has 0 aliphatic carbocycles. The third-order valence-corrected chi connectivity index (χ3v) is 4.04. The third-order valence-electron chi connectivity index (χ3n) is 4.04. The Kier molecular flexibility index (Phi) is 3.20. The summed E-state index contributed by atoms with van der Waals surface area (Å²) in [7, 11) is 11.7. The minimum atomic E-state index is -1.51. The summed E-state index contributed by atoms with van der Waals surface area (Å²) in [4.78, 5) is 7.08. The van der Waals surface area contributed by atoms with Crippen LogP contribution in [-0.4, -0.2) is 25.7 Å². The van der Waals surface area contributed by atoms with Gasteiger partial charge in [0.15, 0.2) is 17.5 Å². The van der Waals surface area contributed by atoms with Crippen LogP contribution >= 0.6 is 0 Å². The molecule has 0 amide bonds. The van der Waals surface area contributed by atoms with Gasteiger partial charge in [-0.1, -0.05) is 17.6 Å². The summed E-state index contributed by atoms with van der Waals surface area (Å²) in [5.41, 5.74) is 2.29. The minimum absolute atomic E-state index is 0.109. The van der Waals surface area contributed by atoms with Gasteiger partial charge in [-0.25, -0.2) is 18.2 Å². The Morgan fingerprint density at radius 3 is 2.50 bits per heavy atom. The number of hydrogen-bond donors (Lipinski definition) is 1. The zero-order valence-electron chi connectivity index (χ0n) is 12.2. The molecular weight excluding hydrogens is 311 g/mol. The number of benzene rings is 2. The van der Waals surface area contributed by atoms with E-state index in [1.165, 1.54) is 6.20 Å². The fourth-order valence-electron chi connectivity index (χ4n) is 2.78. The summed E-state index contributed by atoms with van der Waals surface area (Å²) < 4.78 is 40.7. The number of halogens is 3. The fourth-order valence-corrected chi connectivity index (χ4v) is 2.78. The van der Waals surface area contributed by atoms with Gasteiger partial charge in [-0.05, 0) is 23.6 Å². The number of rotatable bonds is 1. The molecule has 0 spiro atoms. The topological polar surface area (TPSA) is 28.7 Å². The molecule has 2 nitrogen and oxygen atoms in total. The predicted octanol–water partition coefficient (Wildman–Crippen LogP) is 2.39. The molecule has 0 aliphatic rings. The first-order valence-corrected chi connectivity index (χ1v) is 7.07. The van der Waals surface area contributed by atoms with Crippen LogP contribution in [0.1, 0.15) is 0 Å².